The summed E-state index contributed by atoms with van der Waals surface area (Å²) in [6.45, 7) is 4.73. The summed E-state index contributed by atoms with van der Waals surface area (Å²) in [6.07, 6.45) is 3.77. The second-order valence-corrected chi connectivity index (χ2v) is 7.46. The molecule has 7 nitrogen and oxygen atoms in total. The van der Waals surface area contributed by atoms with Gasteiger partial charge < -0.3 is 15.4 Å². The minimum Gasteiger partial charge on any atom is -0.379 e. The molecule has 2 amide bonds. The molecule has 1 aromatic carbocycles. The highest BCUT2D eigenvalue weighted by molar-refractivity contribution is 5.96. The molecule has 2 aliphatic rings. The summed E-state index contributed by atoms with van der Waals surface area (Å²) in [5, 5.41) is 5.95. The fraction of sp³-hybridized carbons (Fsp3) is 0.409. The molecule has 4 rings (SSSR count). The van der Waals surface area contributed by atoms with Gasteiger partial charge in [0, 0.05) is 55.1 Å². The number of morpholine rings is 1. The highest BCUT2D eigenvalue weighted by atomic mass is 16.5. The van der Waals surface area contributed by atoms with Gasteiger partial charge in [0.25, 0.3) is 11.8 Å². The monoisotopic (exact) mass is 394 g/mol. The molecule has 29 heavy (non-hydrogen) atoms. The Bertz CT molecular complexity index is 859. The number of carbonyl (C=O) groups is 2. The number of aromatic nitrogens is 1. The number of amides is 2. The Hall–Kier alpha value is -2.77. The van der Waals surface area contributed by atoms with E-state index in [0.717, 1.165) is 51.3 Å². The van der Waals surface area contributed by atoms with Crippen LogP contribution in [0, 0.1) is 0 Å². The van der Waals surface area contributed by atoms with Crippen LogP contribution in [0.3, 0.4) is 0 Å². The molecule has 2 N–H and O–H groups in total. The minimum atomic E-state index is -0.109. The number of benzene rings is 1. The van der Waals surface area contributed by atoms with Crippen LogP contribution in [0.15, 0.2) is 42.6 Å². The lowest BCUT2D eigenvalue weighted by Gasteiger charge is -2.26. The Balaban J connectivity index is 1.34. The predicted molar refractivity (Wildman–Crippen MR) is 110 cm³/mol. The van der Waals surface area contributed by atoms with Gasteiger partial charge in [0.05, 0.1) is 18.9 Å². The first kappa shape index (κ1) is 19.5. The number of nitrogens with one attached hydrogen (secondary N) is 2. The van der Waals surface area contributed by atoms with E-state index in [1.807, 2.05) is 12.1 Å². The Morgan fingerprint density at radius 2 is 1.79 bits per heavy atom. The summed E-state index contributed by atoms with van der Waals surface area (Å²) in [4.78, 5) is 31.3. The van der Waals surface area contributed by atoms with Crippen LogP contribution >= 0.6 is 0 Å². The van der Waals surface area contributed by atoms with E-state index in [9.17, 15) is 9.59 Å². The van der Waals surface area contributed by atoms with E-state index in [1.54, 1.807) is 30.5 Å². The quantitative estimate of drug-likeness (QED) is 0.747. The fourth-order valence-corrected chi connectivity index (χ4v) is 3.27. The average molecular weight is 394 g/mol. The summed E-state index contributed by atoms with van der Waals surface area (Å²) in [5.74, 6) is -0.150. The zero-order valence-corrected chi connectivity index (χ0v) is 16.4. The molecule has 2 fully saturated rings. The van der Waals surface area contributed by atoms with Gasteiger partial charge in [-0.1, -0.05) is 12.1 Å². The standard InChI is InChI=1S/C22H26N4O3/c27-21(24-9-10-26-11-13-29-14-12-26)18-7-8-23-20(15-18)16-1-3-17(4-2-16)22(28)25-19-5-6-19/h1-4,7-8,15,19H,5-6,9-14H2,(H,24,27)(H,25,28). The maximum Gasteiger partial charge on any atom is 0.251 e. The Kier molecular flexibility index (Phi) is 6.17. The maximum absolute atomic E-state index is 12.5. The van der Waals surface area contributed by atoms with Crippen LogP contribution in [0.2, 0.25) is 0 Å². The fourth-order valence-electron chi connectivity index (χ4n) is 3.27. The van der Waals surface area contributed by atoms with Crippen LogP contribution in [0.4, 0.5) is 0 Å². The molecular formula is C22H26N4O3. The first-order chi connectivity index (χ1) is 14.2. The van der Waals surface area contributed by atoms with E-state index >= 15 is 0 Å². The van der Waals surface area contributed by atoms with E-state index < -0.39 is 0 Å². The number of pyridine rings is 1. The minimum absolute atomic E-state index is 0.0413. The lowest BCUT2D eigenvalue weighted by Crippen LogP contribution is -2.41. The molecule has 0 bridgehead atoms. The van der Waals surface area contributed by atoms with Gasteiger partial charge in [-0.3, -0.25) is 19.5 Å². The summed E-state index contributed by atoms with van der Waals surface area (Å²) in [7, 11) is 0. The van der Waals surface area contributed by atoms with E-state index in [4.69, 9.17) is 4.74 Å². The molecule has 2 heterocycles. The third-order valence-electron chi connectivity index (χ3n) is 5.19. The van der Waals surface area contributed by atoms with Gasteiger partial charge in [0.2, 0.25) is 0 Å². The highest BCUT2D eigenvalue weighted by Crippen LogP contribution is 2.21. The smallest absolute Gasteiger partial charge is 0.251 e. The van der Waals surface area contributed by atoms with E-state index in [-0.39, 0.29) is 11.8 Å². The average Bonchev–Trinajstić information content (AvgIpc) is 3.58. The van der Waals surface area contributed by atoms with Crippen molar-refractivity contribution in [3.63, 3.8) is 0 Å². The normalized spacial score (nSPS) is 17.0. The summed E-state index contributed by atoms with van der Waals surface area (Å²) >= 11 is 0. The largest absolute Gasteiger partial charge is 0.379 e. The maximum atomic E-state index is 12.5. The number of nitrogens with zero attached hydrogens (tertiary/aromatic N) is 2. The van der Waals surface area contributed by atoms with Gasteiger partial charge in [0.1, 0.15) is 0 Å². The summed E-state index contributed by atoms with van der Waals surface area (Å²) in [5.41, 5.74) is 2.79. The molecule has 1 saturated heterocycles. The Morgan fingerprint density at radius 3 is 2.52 bits per heavy atom. The van der Waals surface area contributed by atoms with Gasteiger partial charge in [-0.15, -0.1) is 0 Å². The van der Waals surface area contributed by atoms with Crippen LogP contribution in [-0.2, 0) is 4.74 Å². The molecule has 0 unspecified atom stereocenters. The molecule has 0 radical (unpaired) electrons. The van der Waals surface area contributed by atoms with Crippen LogP contribution in [0.25, 0.3) is 11.3 Å². The van der Waals surface area contributed by atoms with Crippen LogP contribution in [-0.4, -0.2) is 67.1 Å². The third-order valence-corrected chi connectivity index (χ3v) is 5.19. The number of rotatable bonds is 7. The molecule has 0 spiro atoms. The van der Waals surface area contributed by atoms with E-state index in [0.29, 0.717) is 29.4 Å². The van der Waals surface area contributed by atoms with Crippen LogP contribution in [0.1, 0.15) is 33.6 Å². The zero-order chi connectivity index (χ0) is 20.1. The molecule has 1 aromatic heterocycles. The van der Waals surface area contributed by atoms with Gasteiger partial charge in [-0.05, 0) is 37.1 Å². The molecule has 1 saturated carbocycles. The summed E-state index contributed by atoms with van der Waals surface area (Å²) in [6, 6.07) is 11.2. The van der Waals surface area contributed by atoms with Gasteiger partial charge in [-0.25, -0.2) is 0 Å². The lowest BCUT2D eigenvalue weighted by atomic mass is 10.1. The number of hydrogen-bond acceptors (Lipinski definition) is 5. The Morgan fingerprint density at radius 1 is 1.03 bits per heavy atom. The van der Waals surface area contributed by atoms with Crippen LogP contribution < -0.4 is 10.6 Å². The zero-order valence-electron chi connectivity index (χ0n) is 16.4. The third kappa shape index (κ3) is 5.40. The first-order valence-corrected chi connectivity index (χ1v) is 10.1. The second kappa shape index (κ2) is 9.15. The van der Waals surface area contributed by atoms with Crippen molar-refractivity contribution in [1.29, 1.82) is 0 Å². The van der Waals surface area contributed by atoms with E-state index in [2.05, 4.69) is 20.5 Å². The molecule has 0 atom stereocenters. The highest BCUT2D eigenvalue weighted by Gasteiger charge is 2.23. The molecule has 152 valence electrons. The molecule has 2 aromatic rings. The van der Waals surface area contributed by atoms with Crippen molar-refractivity contribution in [2.75, 3.05) is 39.4 Å². The van der Waals surface area contributed by atoms with Crippen molar-refractivity contribution in [2.24, 2.45) is 0 Å². The molecular weight excluding hydrogens is 368 g/mol. The number of hydrogen-bond donors (Lipinski definition) is 2. The van der Waals surface area contributed by atoms with Gasteiger partial charge in [0.15, 0.2) is 0 Å². The number of carbonyl (C=O) groups excluding carboxylic acids is 2. The molecule has 7 heteroatoms. The van der Waals surface area contributed by atoms with Crippen LogP contribution in [0.5, 0.6) is 0 Å². The van der Waals surface area contributed by atoms with Crippen molar-refractivity contribution < 1.29 is 14.3 Å². The van der Waals surface area contributed by atoms with Crippen molar-refractivity contribution >= 4 is 11.8 Å². The topological polar surface area (TPSA) is 83.6 Å². The molecule has 1 aliphatic heterocycles. The Labute approximate surface area is 170 Å². The van der Waals surface area contributed by atoms with E-state index in [1.165, 1.54) is 0 Å². The SMILES string of the molecule is O=C(NCCN1CCOCC1)c1ccnc(-c2ccc(C(=O)NC3CC3)cc2)c1. The number of ether oxygens (including phenoxy) is 1. The summed E-state index contributed by atoms with van der Waals surface area (Å²) < 4.78 is 5.33. The first-order valence-electron chi connectivity index (χ1n) is 10.1. The van der Waals surface area contributed by atoms with Crippen molar-refractivity contribution in [2.45, 2.75) is 18.9 Å². The van der Waals surface area contributed by atoms with Gasteiger partial charge >= 0.3 is 0 Å². The second-order valence-electron chi connectivity index (χ2n) is 7.46. The van der Waals surface area contributed by atoms with Gasteiger partial charge in [-0.2, -0.15) is 0 Å². The predicted octanol–water partition coefficient (Wildman–Crippen LogP) is 1.70. The van der Waals surface area contributed by atoms with Crippen molar-refractivity contribution in [1.82, 2.24) is 20.5 Å². The molecule has 1 aliphatic carbocycles. The van der Waals surface area contributed by atoms with Crippen molar-refractivity contribution in [3.05, 3.63) is 53.7 Å². The lowest BCUT2D eigenvalue weighted by molar-refractivity contribution is 0.0383. The van der Waals surface area contributed by atoms with Crippen molar-refractivity contribution in [3.8, 4) is 11.3 Å².